The van der Waals surface area contributed by atoms with Crippen LogP contribution in [-0.4, -0.2) is 11.6 Å². The van der Waals surface area contributed by atoms with Crippen molar-refractivity contribution in [2.24, 2.45) is 0 Å². The number of rotatable bonds is 7. The SMILES string of the molecule is CCCCC(=O)c1cc2c(C)sc(-c3ccc(C4=c5c(c6sc(C)cc6c6cc(C)sc56)=C(c5ccc(C)s5)C4=O)s3)c2s1. The maximum Gasteiger partial charge on any atom is 0.197 e. The molecule has 8 heteroatoms. The smallest absolute Gasteiger partial charge is 0.197 e. The summed E-state index contributed by atoms with van der Waals surface area (Å²) in [7, 11) is 0. The molecule has 0 atom stereocenters. The third-order valence-electron chi connectivity index (χ3n) is 8.33. The van der Waals surface area contributed by atoms with E-state index in [2.05, 4.69) is 77.1 Å². The second-order valence-corrected chi connectivity index (χ2v) is 18.6. The van der Waals surface area contributed by atoms with Crippen LogP contribution in [0.2, 0.25) is 0 Å². The fourth-order valence-electron chi connectivity index (χ4n) is 6.33. The third-order valence-corrected chi connectivity index (χ3v) is 15.2. The molecule has 220 valence electrons. The summed E-state index contributed by atoms with van der Waals surface area (Å²) >= 11 is 10.4. The molecule has 0 unspecified atom stereocenters. The lowest BCUT2D eigenvalue weighted by Crippen LogP contribution is -2.25. The predicted octanol–water partition coefficient (Wildman–Crippen LogP) is 10.8. The number of fused-ring (bicyclic) bond motifs is 7. The van der Waals surface area contributed by atoms with Crippen LogP contribution in [0.3, 0.4) is 0 Å². The van der Waals surface area contributed by atoms with Crippen molar-refractivity contribution in [3.63, 3.8) is 0 Å². The van der Waals surface area contributed by atoms with E-state index in [1.165, 1.54) is 54.6 Å². The lowest BCUT2D eigenvalue weighted by atomic mass is 10.1. The van der Waals surface area contributed by atoms with Crippen molar-refractivity contribution in [2.75, 3.05) is 0 Å². The molecule has 0 fully saturated rings. The molecule has 6 aromatic heterocycles. The number of benzene rings is 1. The van der Waals surface area contributed by atoms with Crippen LogP contribution < -0.4 is 10.4 Å². The number of ketones is 2. The molecule has 0 bridgehead atoms. The highest BCUT2D eigenvalue weighted by molar-refractivity contribution is 7.30. The van der Waals surface area contributed by atoms with Gasteiger partial charge in [0.05, 0.1) is 14.5 Å². The zero-order chi connectivity index (χ0) is 30.4. The van der Waals surface area contributed by atoms with Crippen LogP contribution in [0.5, 0.6) is 0 Å². The van der Waals surface area contributed by atoms with E-state index in [0.717, 1.165) is 53.9 Å². The van der Waals surface area contributed by atoms with E-state index in [1.807, 2.05) is 0 Å². The van der Waals surface area contributed by atoms with E-state index in [4.69, 9.17) is 0 Å². The quantitative estimate of drug-likeness (QED) is 0.157. The normalized spacial score (nSPS) is 13.4. The summed E-state index contributed by atoms with van der Waals surface area (Å²) in [6.07, 6.45) is 2.56. The van der Waals surface area contributed by atoms with Crippen LogP contribution >= 0.6 is 68.0 Å². The number of unbranched alkanes of at least 4 members (excludes halogenated alkanes) is 1. The minimum atomic E-state index is 0.133. The van der Waals surface area contributed by atoms with Gasteiger partial charge >= 0.3 is 0 Å². The first kappa shape index (κ1) is 28.7. The monoisotopic (exact) mass is 684 g/mol. The Morgan fingerprint density at radius 1 is 0.636 bits per heavy atom. The minimum Gasteiger partial charge on any atom is -0.293 e. The standard InChI is InChI=1S/C36H28O2S6/c1-6-7-8-23(37)27-15-20-19(5)42-36(35(20)44-27)26-12-11-25(43-26)29-31-30(28(32(29)38)24-10-9-16(2)39-24)33-21(13-17(3)40-33)22-14-18(4)41-34(22)31/h9-15H,6-8H2,1-5H3. The van der Waals surface area contributed by atoms with Crippen molar-refractivity contribution >= 4 is 121 Å². The highest BCUT2D eigenvalue weighted by atomic mass is 32.1. The van der Waals surface area contributed by atoms with Crippen molar-refractivity contribution in [3.8, 4) is 9.75 Å². The van der Waals surface area contributed by atoms with Gasteiger partial charge < -0.3 is 0 Å². The Labute approximate surface area is 279 Å². The van der Waals surface area contributed by atoms with Crippen LogP contribution in [0.1, 0.15) is 65.1 Å². The maximum atomic E-state index is 14.7. The van der Waals surface area contributed by atoms with E-state index >= 15 is 0 Å². The second-order valence-electron chi connectivity index (χ2n) is 11.5. The van der Waals surface area contributed by atoms with Gasteiger partial charge in [0.1, 0.15) is 0 Å². The van der Waals surface area contributed by atoms with E-state index in [1.54, 1.807) is 68.0 Å². The molecule has 1 aromatic carbocycles. The van der Waals surface area contributed by atoms with Gasteiger partial charge in [0.2, 0.25) is 0 Å². The Balaban J connectivity index is 1.38. The molecule has 1 aliphatic rings. The lowest BCUT2D eigenvalue weighted by Gasteiger charge is -2.01. The number of hydrogen-bond donors (Lipinski definition) is 0. The van der Waals surface area contributed by atoms with E-state index < -0.39 is 0 Å². The van der Waals surface area contributed by atoms with E-state index in [9.17, 15) is 9.59 Å². The number of hydrogen-bond acceptors (Lipinski definition) is 8. The zero-order valence-corrected chi connectivity index (χ0v) is 29.8. The molecule has 1 aliphatic carbocycles. The number of carbonyl (C=O) groups excluding carboxylic acids is 2. The topological polar surface area (TPSA) is 34.1 Å². The molecule has 44 heavy (non-hydrogen) atoms. The van der Waals surface area contributed by atoms with Gasteiger partial charge in [0.25, 0.3) is 0 Å². The molecule has 0 radical (unpaired) electrons. The predicted molar refractivity (Wildman–Crippen MR) is 197 cm³/mol. The summed E-state index contributed by atoms with van der Waals surface area (Å²) in [6, 6.07) is 15.3. The van der Waals surface area contributed by atoms with Crippen LogP contribution in [0.4, 0.5) is 0 Å². The summed E-state index contributed by atoms with van der Waals surface area (Å²) in [6.45, 7) is 10.7. The largest absolute Gasteiger partial charge is 0.293 e. The molecular weight excluding hydrogens is 657 g/mol. The lowest BCUT2D eigenvalue weighted by molar-refractivity contribution is -0.108. The highest BCUT2D eigenvalue weighted by Gasteiger charge is 2.32. The Bertz CT molecular complexity index is 2460. The van der Waals surface area contributed by atoms with Gasteiger partial charge in [0.15, 0.2) is 11.6 Å². The molecule has 0 saturated carbocycles. The van der Waals surface area contributed by atoms with Crippen LogP contribution in [-0.2, 0) is 4.79 Å². The average Bonchev–Trinajstić information content (AvgIpc) is 3.82. The van der Waals surface area contributed by atoms with Crippen molar-refractivity contribution in [1.82, 2.24) is 0 Å². The molecule has 0 saturated heterocycles. The summed E-state index contributed by atoms with van der Waals surface area (Å²) in [5, 5.41) is 5.93. The highest BCUT2D eigenvalue weighted by Crippen LogP contribution is 2.47. The molecule has 6 heterocycles. The van der Waals surface area contributed by atoms with E-state index in [-0.39, 0.29) is 11.6 Å². The Kier molecular flexibility index (Phi) is 6.97. The summed E-state index contributed by atoms with van der Waals surface area (Å²) in [4.78, 5) is 37.9. The summed E-state index contributed by atoms with van der Waals surface area (Å²) in [5.41, 5.74) is 1.69. The molecule has 8 rings (SSSR count). The first-order valence-corrected chi connectivity index (χ1v) is 19.6. The van der Waals surface area contributed by atoms with Gasteiger partial charge in [-0.15, -0.1) is 68.0 Å². The van der Waals surface area contributed by atoms with Crippen molar-refractivity contribution < 1.29 is 9.59 Å². The maximum absolute atomic E-state index is 14.7. The molecule has 0 N–H and O–H groups in total. The zero-order valence-electron chi connectivity index (χ0n) is 24.9. The van der Waals surface area contributed by atoms with Crippen molar-refractivity contribution in [3.05, 3.63) is 87.0 Å². The van der Waals surface area contributed by atoms with Gasteiger partial charge in [-0.2, -0.15) is 0 Å². The fourth-order valence-corrected chi connectivity index (χ4v) is 13.1. The Hall–Kier alpha value is -2.72. The van der Waals surface area contributed by atoms with Crippen LogP contribution in [0.25, 0.3) is 51.2 Å². The van der Waals surface area contributed by atoms with Crippen LogP contribution in [0.15, 0.2) is 42.5 Å². The molecule has 2 nitrogen and oxygen atoms in total. The minimum absolute atomic E-state index is 0.133. The second kappa shape index (κ2) is 10.7. The molecular formula is C36H28O2S6. The number of carbonyl (C=O) groups is 2. The Morgan fingerprint density at radius 2 is 1.25 bits per heavy atom. The molecule has 0 spiro atoms. The third kappa shape index (κ3) is 4.33. The molecule has 0 aliphatic heterocycles. The Morgan fingerprint density at radius 3 is 1.86 bits per heavy atom. The van der Waals surface area contributed by atoms with Crippen molar-refractivity contribution in [1.29, 1.82) is 0 Å². The average molecular weight is 685 g/mol. The van der Waals surface area contributed by atoms with E-state index in [0.29, 0.717) is 6.42 Å². The number of Topliss-reactive ketones (excluding diaryl/α,β-unsaturated/α-hetero) is 2. The summed E-state index contributed by atoms with van der Waals surface area (Å²) < 4.78 is 3.63. The summed E-state index contributed by atoms with van der Waals surface area (Å²) in [5.74, 6) is 0.379. The fraction of sp³-hybridized carbons (Fsp3) is 0.222. The van der Waals surface area contributed by atoms with Crippen molar-refractivity contribution in [2.45, 2.75) is 53.9 Å². The van der Waals surface area contributed by atoms with Gasteiger partial charge in [0, 0.05) is 87.7 Å². The van der Waals surface area contributed by atoms with Gasteiger partial charge in [-0.05, 0) is 76.6 Å². The molecule has 0 amide bonds. The number of aryl methyl sites for hydroxylation is 4. The van der Waals surface area contributed by atoms with Gasteiger partial charge in [-0.1, -0.05) is 13.3 Å². The van der Waals surface area contributed by atoms with Gasteiger partial charge in [-0.25, -0.2) is 0 Å². The van der Waals surface area contributed by atoms with Crippen LogP contribution in [0, 0.1) is 27.7 Å². The first-order valence-electron chi connectivity index (χ1n) is 14.7. The number of thiophene rings is 6. The first-order chi connectivity index (χ1) is 21.2. The van der Waals surface area contributed by atoms with Gasteiger partial charge in [-0.3, -0.25) is 9.59 Å². The molecule has 7 aromatic rings.